The lowest BCUT2D eigenvalue weighted by molar-refractivity contribution is 0.105. The Morgan fingerprint density at radius 1 is 1.25 bits per heavy atom. The predicted molar refractivity (Wildman–Crippen MR) is 93.5 cm³/mol. The van der Waals surface area contributed by atoms with Gasteiger partial charge in [-0.25, -0.2) is 9.78 Å². The molecule has 1 amide bonds. The first-order chi connectivity index (χ1) is 11.7. The summed E-state index contributed by atoms with van der Waals surface area (Å²) in [7, 11) is 0. The number of piperidine rings is 1. The molecule has 2 fully saturated rings. The van der Waals surface area contributed by atoms with Gasteiger partial charge in [-0.1, -0.05) is 6.92 Å². The molecule has 2 aliphatic rings. The fourth-order valence-corrected chi connectivity index (χ4v) is 3.37. The number of rotatable bonds is 3. The maximum Gasteiger partial charge on any atom is 0.409 e. The monoisotopic (exact) mass is 333 g/mol. The first kappa shape index (κ1) is 16.8. The second-order valence-electron chi connectivity index (χ2n) is 6.58. The Hall–Kier alpha value is -2.05. The summed E-state index contributed by atoms with van der Waals surface area (Å²) in [4.78, 5) is 27.2. The molecule has 3 heterocycles. The van der Waals surface area contributed by atoms with Crippen LogP contribution < -0.4 is 9.80 Å². The standard InChI is InChI=1S/C17H27N5O2/c1-3-24-17(23)21-11-9-20(10-12-21)16-18-7-6-15(19-16)22-8-4-5-14(2)13-22/h6-7,14H,3-5,8-13H2,1-2H3. The van der Waals surface area contributed by atoms with Crippen LogP contribution in [0.5, 0.6) is 0 Å². The zero-order chi connectivity index (χ0) is 16.9. The minimum absolute atomic E-state index is 0.228. The number of hydrogen-bond acceptors (Lipinski definition) is 6. The number of amides is 1. The third kappa shape index (κ3) is 3.88. The first-order valence-electron chi connectivity index (χ1n) is 8.92. The highest BCUT2D eigenvalue weighted by Gasteiger charge is 2.24. The molecule has 0 N–H and O–H groups in total. The molecule has 7 heteroatoms. The van der Waals surface area contributed by atoms with Crippen molar-refractivity contribution in [2.24, 2.45) is 5.92 Å². The summed E-state index contributed by atoms with van der Waals surface area (Å²) in [5.74, 6) is 2.49. The van der Waals surface area contributed by atoms with Crippen LogP contribution in [0.25, 0.3) is 0 Å². The maximum absolute atomic E-state index is 11.8. The average molecular weight is 333 g/mol. The number of carbonyl (C=O) groups excluding carboxylic acids is 1. The van der Waals surface area contributed by atoms with Crippen LogP contribution in [0.1, 0.15) is 26.7 Å². The summed E-state index contributed by atoms with van der Waals surface area (Å²) in [6.45, 7) is 9.43. The lowest BCUT2D eigenvalue weighted by atomic mass is 10.0. The van der Waals surface area contributed by atoms with E-state index in [4.69, 9.17) is 9.72 Å². The Morgan fingerprint density at radius 3 is 2.75 bits per heavy atom. The zero-order valence-corrected chi connectivity index (χ0v) is 14.6. The second kappa shape index (κ2) is 7.68. The summed E-state index contributed by atoms with van der Waals surface area (Å²) >= 11 is 0. The van der Waals surface area contributed by atoms with Gasteiger partial charge in [0.2, 0.25) is 5.95 Å². The van der Waals surface area contributed by atoms with Gasteiger partial charge in [0.1, 0.15) is 5.82 Å². The van der Waals surface area contributed by atoms with Crippen molar-refractivity contribution in [2.45, 2.75) is 26.7 Å². The van der Waals surface area contributed by atoms with Gasteiger partial charge in [0, 0.05) is 45.5 Å². The minimum Gasteiger partial charge on any atom is -0.450 e. The number of piperazine rings is 1. The summed E-state index contributed by atoms with van der Waals surface area (Å²) in [5, 5.41) is 0. The molecule has 0 saturated carbocycles. The van der Waals surface area contributed by atoms with Crippen LogP contribution in [-0.2, 0) is 4.74 Å². The average Bonchev–Trinajstić information content (AvgIpc) is 2.62. The molecule has 2 saturated heterocycles. The molecule has 0 bridgehead atoms. The number of anilines is 2. The van der Waals surface area contributed by atoms with E-state index in [9.17, 15) is 4.79 Å². The molecule has 1 atom stereocenters. The molecule has 0 aliphatic carbocycles. The van der Waals surface area contributed by atoms with Gasteiger partial charge in [-0.3, -0.25) is 0 Å². The molecule has 2 aliphatic heterocycles. The fraction of sp³-hybridized carbons (Fsp3) is 0.706. The molecule has 7 nitrogen and oxygen atoms in total. The van der Waals surface area contributed by atoms with Gasteiger partial charge < -0.3 is 19.4 Å². The highest BCUT2D eigenvalue weighted by molar-refractivity contribution is 5.68. The van der Waals surface area contributed by atoms with E-state index >= 15 is 0 Å². The van der Waals surface area contributed by atoms with Gasteiger partial charge in [0.15, 0.2) is 0 Å². The quantitative estimate of drug-likeness (QED) is 0.843. The first-order valence-corrected chi connectivity index (χ1v) is 8.92. The van der Waals surface area contributed by atoms with Gasteiger partial charge in [0.05, 0.1) is 6.61 Å². The highest BCUT2D eigenvalue weighted by Crippen LogP contribution is 2.22. The number of hydrogen-bond donors (Lipinski definition) is 0. The zero-order valence-electron chi connectivity index (χ0n) is 14.6. The Bertz CT molecular complexity index is 560. The predicted octanol–water partition coefficient (Wildman–Crippen LogP) is 1.99. The van der Waals surface area contributed by atoms with Crippen molar-refractivity contribution in [2.75, 3.05) is 55.7 Å². The number of carbonyl (C=O) groups is 1. The van der Waals surface area contributed by atoms with Crippen LogP contribution in [0.2, 0.25) is 0 Å². The van der Waals surface area contributed by atoms with Crippen LogP contribution in [0, 0.1) is 5.92 Å². The topological polar surface area (TPSA) is 61.8 Å². The van der Waals surface area contributed by atoms with Crippen molar-refractivity contribution < 1.29 is 9.53 Å². The van der Waals surface area contributed by atoms with Crippen LogP contribution >= 0.6 is 0 Å². The molecule has 0 aromatic carbocycles. The van der Waals surface area contributed by atoms with E-state index in [1.54, 1.807) is 4.90 Å². The van der Waals surface area contributed by atoms with E-state index in [0.29, 0.717) is 25.6 Å². The van der Waals surface area contributed by atoms with E-state index < -0.39 is 0 Å². The Balaban J connectivity index is 1.62. The Kier molecular flexibility index (Phi) is 5.37. The molecule has 24 heavy (non-hydrogen) atoms. The van der Waals surface area contributed by atoms with Gasteiger partial charge in [0.25, 0.3) is 0 Å². The SMILES string of the molecule is CCOC(=O)N1CCN(c2nccc(N3CCCC(C)C3)n2)CC1. The van der Waals surface area contributed by atoms with Crippen molar-refractivity contribution in [3.05, 3.63) is 12.3 Å². The molecular formula is C17H27N5O2. The summed E-state index contributed by atoms with van der Waals surface area (Å²) in [6.07, 6.45) is 4.13. The van der Waals surface area contributed by atoms with Crippen molar-refractivity contribution in [3.8, 4) is 0 Å². The Labute approximate surface area is 143 Å². The minimum atomic E-state index is -0.228. The van der Waals surface area contributed by atoms with Gasteiger partial charge in [-0.15, -0.1) is 0 Å². The highest BCUT2D eigenvalue weighted by atomic mass is 16.6. The summed E-state index contributed by atoms with van der Waals surface area (Å²) in [5.41, 5.74) is 0. The lowest BCUT2D eigenvalue weighted by Crippen LogP contribution is -2.49. The molecule has 132 valence electrons. The molecular weight excluding hydrogens is 306 g/mol. The molecule has 0 radical (unpaired) electrons. The normalized spacial score (nSPS) is 21.8. The molecule has 1 aromatic heterocycles. The number of nitrogens with zero attached hydrogens (tertiary/aromatic N) is 5. The third-order valence-corrected chi connectivity index (χ3v) is 4.70. The second-order valence-corrected chi connectivity index (χ2v) is 6.58. The van der Waals surface area contributed by atoms with E-state index in [1.165, 1.54) is 12.8 Å². The van der Waals surface area contributed by atoms with E-state index in [1.807, 2.05) is 19.2 Å². The maximum atomic E-state index is 11.8. The van der Waals surface area contributed by atoms with Crippen molar-refractivity contribution in [1.29, 1.82) is 0 Å². The van der Waals surface area contributed by atoms with Gasteiger partial charge >= 0.3 is 6.09 Å². The summed E-state index contributed by atoms with van der Waals surface area (Å²) in [6, 6.07) is 2.00. The van der Waals surface area contributed by atoms with E-state index in [-0.39, 0.29) is 6.09 Å². The van der Waals surface area contributed by atoms with Crippen LogP contribution in [0.3, 0.4) is 0 Å². The number of aromatic nitrogens is 2. The third-order valence-electron chi connectivity index (χ3n) is 4.70. The summed E-state index contributed by atoms with van der Waals surface area (Å²) < 4.78 is 5.06. The molecule has 3 rings (SSSR count). The largest absolute Gasteiger partial charge is 0.450 e. The van der Waals surface area contributed by atoms with Crippen LogP contribution in [-0.4, -0.2) is 66.8 Å². The van der Waals surface area contributed by atoms with Crippen LogP contribution in [0.4, 0.5) is 16.6 Å². The Morgan fingerprint density at radius 2 is 2.04 bits per heavy atom. The smallest absolute Gasteiger partial charge is 0.409 e. The van der Waals surface area contributed by atoms with E-state index in [2.05, 4.69) is 21.7 Å². The number of ether oxygens (including phenoxy) is 1. The fourth-order valence-electron chi connectivity index (χ4n) is 3.37. The van der Waals surface area contributed by atoms with Gasteiger partial charge in [-0.2, -0.15) is 4.98 Å². The molecule has 1 aromatic rings. The van der Waals surface area contributed by atoms with Crippen LogP contribution in [0.15, 0.2) is 12.3 Å². The van der Waals surface area contributed by atoms with Crippen molar-refractivity contribution in [1.82, 2.24) is 14.9 Å². The van der Waals surface area contributed by atoms with Gasteiger partial charge in [-0.05, 0) is 31.7 Å². The lowest BCUT2D eigenvalue weighted by Gasteiger charge is -2.35. The van der Waals surface area contributed by atoms with E-state index in [0.717, 1.165) is 37.9 Å². The van der Waals surface area contributed by atoms with Crippen molar-refractivity contribution in [3.63, 3.8) is 0 Å². The van der Waals surface area contributed by atoms with Crippen molar-refractivity contribution >= 4 is 17.9 Å². The molecule has 0 spiro atoms. The molecule has 1 unspecified atom stereocenters.